The quantitative estimate of drug-likeness (QED) is 0.369. The lowest BCUT2D eigenvalue weighted by Gasteiger charge is -2.11. The Labute approximate surface area is 135 Å². The number of carbonyl (C=O) groups excluding carboxylic acids is 1. The van der Waals surface area contributed by atoms with Crippen molar-refractivity contribution in [1.82, 2.24) is 0 Å². The molecule has 1 nitrogen and oxygen atoms in total. The molecule has 0 aliphatic carbocycles. The second-order valence-electron chi connectivity index (χ2n) is 4.13. The van der Waals surface area contributed by atoms with Crippen molar-refractivity contribution >= 4 is 52.2 Å². The summed E-state index contributed by atoms with van der Waals surface area (Å²) in [5.74, 6) is -0.860. The summed E-state index contributed by atoms with van der Waals surface area (Å²) in [5, 5.41) is 0.297. The van der Waals surface area contributed by atoms with E-state index in [2.05, 4.69) is 0 Å². The van der Waals surface area contributed by atoms with Gasteiger partial charge >= 0.3 is 0 Å². The molecule has 2 rings (SSSR count). The number of benzene rings is 2. The van der Waals surface area contributed by atoms with E-state index in [4.69, 9.17) is 46.4 Å². The van der Waals surface area contributed by atoms with E-state index < -0.39 is 11.6 Å². The largest absolute Gasteiger partial charge is 0.288 e. The average molecular weight is 352 g/mol. The molecule has 20 heavy (non-hydrogen) atoms. The van der Waals surface area contributed by atoms with Gasteiger partial charge < -0.3 is 0 Å². The van der Waals surface area contributed by atoms with Crippen molar-refractivity contribution < 1.29 is 9.18 Å². The number of aryl methyl sites for hydroxylation is 1. The Kier molecular flexibility index (Phi) is 4.60. The van der Waals surface area contributed by atoms with Gasteiger partial charge in [0.05, 0.1) is 25.7 Å². The molecule has 0 aliphatic heterocycles. The van der Waals surface area contributed by atoms with Gasteiger partial charge in [0.2, 0.25) is 0 Å². The first-order chi connectivity index (χ1) is 9.32. The van der Waals surface area contributed by atoms with E-state index >= 15 is 0 Å². The molecule has 6 heteroatoms. The number of halogens is 5. The molecule has 0 spiro atoms. The minimum atomic E-state index is -0.434. The van der Waals surface area contributed by atoms with Gasteiger partial charge in [-0.15, -0.1) is 0 Å². The van der Waals surface area contributed by atoms with Crippen molar-refractivity contribution in [3.8, 4) is 0 Å². The Morgan fingerprint density at radius 3 is 2.25 bits per heavy atom. The van der Waals surface area contributed by atoms with Gasteiger partial charge in [0.1, 0.15) is 5.82 Å². The van der Waals surface area contributed by atoms with Crippen LogP contribution in [0.2, 0.25) is 20.1 Å². The van der Waals surface area contributed by atoms with Gasteiger partial charge in [0.25, 0.3) is 0 Å². The van der Waals surface area contributed by atoms with E-state index in [1.807, 2.05) is 0 Å². The summed E-state index contributed by atoms with van der Waals surface area (Å²) in [6, 6.07) is 5.18. The fourth-order valence-electron chi connectivity index (χ4n) is 1.79. The van der Waals surface area contributed by atoms with E-state index in [9.17, 15) is 9.18 Å². The lowest BCUT2D eigenvalue weighted by atomic mass is 9.99. The van der Waals surface area contributed by atoms with Crippen LogP contribution >= 0.6 is 46.4 Å². The lowest BCUT2D eigenvalue weighted by molar-refractivity contribution is 0.103. The van der Waals surface area contributed by atoms with Crippen LogP contribution in [0.1, 0.15) is 21.5 Å². The summed E-state index contributed by atoms with van der Waals surface area (Å²) in [6.07, 6.45) is 0. The molecule has 104 valence electrons. The molecule has 2 aromatic rings. The first-order valence-electron chi connectivity index (χ1n) is 5.46. The Hall–Kier alpha value is -0.800. The highest BCUT2D eigenvalue weighted by Crippen LogP contribution is 2.38. The molecule has 0 saturated heterocycles. The maximum atomic E-state index is 13.1. The molecule has 0 bridgehead atoms. The fraction of sp³-hybridized carbons (Fsp3) is 0.0714. The molecule has 0 aliphatic rings. The van der Waals surface area contributed by atoms with Crippen LogP contribution in [0.15, 0.2) is 24.3 Å². The monoisotopic (exact) mass is 350 g/mol. The SMILES string of the molecule is Cc1cc(F)ccc1C(=O)c1c(Cl)cc(Cl)c(Cl)c1Cl. The Morgan fingerprint density at radius 1 is 1.00 bits per heavy atom. The highest BCUT2D eigenvalue weighted by molar-refractivity contribution is 6.51. The van der Waals surface area contributed by atoms with Gasteiger partial charge in [-0.1, -0.05) is 46.4 Å². The molecule has 0 N–H and O–H groups in total. The number of rotatable bonds is 2. The van der Waals surface area contributed by atoms with Crippen molar-refractivity contribution in [2.24, 2.45) is 0 Å². The summed E-state index contributed by atoms with van der Waals surface area (Å²) in [4.78, 5) is 12.5. The van der Waals surface area contributed by atoms with Gasteiger partial charge in [-0.05, 0) is 36.8 Å². The first kappa shape index (κ1) is 15.6. The topological polar surface area (TPSA) is 17.1 Å². The zero-order chi connectivity index (χ0) is 15.0. The number of ketones is 1. The number of carbonyl (C=O) groups is 1. The highest BCUT2D eigenvalue weighted by atomic mass is 35.5. The standard InChI is InChI=1S/C14H7Cl4FO/c1-6-4-7(19)2-3-8(6)14(20)11-9(15)5-10(16)12(17)13(11)18/h2-5H,1H3. The summed E-state index contributed by atoms with van der Waals surface area (Å²) in [7, 11) is 0. The molecule has 0 aromatic heterocycles. The van der Waals surface area contributed by atoms with Crippen molar-refractivity contribution in [2.45, 2.75) is 6.92 Å². The predicted molar refractivity (Wildman–Crippen MR) is 81.1 cm³/mol. The molecule has 0 heterocycles. The van der Waals surface area contributed by atoms with Crippen LogP contribution in [0.4, 0.5) is 4.39 Å². The van der Waals surface area contributed by atoms with Crippen LogP contribution in [0, 0.1) is 12.7 Å². The van der Waals surface area contributed by atoms with Crippen molar-refractivity contribution in [2.75, 3.05) is 0 Å². The molecule has 0 atom stereocenters. The van der Waals surface area contributed by atoms with E-state index in [0.29, 0.717) is 11.1 Å². The van der Waals surface area contributed by atoms with Crippen molar-refractivity contribution in [3.05, 3.63) is 66.9 Å². The summed E-state index contributed by atoms with van der Waals surface area (Å²) in [6.45, 7) is 1.62. The maximum Gasteiger partial charge on any atom is 0.196 e. The molecular weight excluding hydrogens is 345 g/mol. The van der Waals surface area contributed by atoms with Gasteiger partial charge in [-0.3, -0.25) is 4.79 Å². The Morgan fingerprint density at radius 2 is 1.65 bits per heavy atom. The third kappa shape index (κ3) is 2.79. The summed E-state index contributed by atoms with van der Waals surface area (Å²) in [5.41, 5.74) is 0.833. The van der Waals surface area contributed by atoms with Crippen LogP contribution in [-0.4, -0.2) is 5.78 Å². The zero-order valence-electron chi connectivity index (χ0n) is 10.1. The highest BCUT2D eigenvalue weighted by Gasteiger charge is 2.22. The van der Waals surface area contributed by atoms with Gasteiger partial charge in [-0.2, -0.15) is 0 Å². The predicted octanol–water partition coefficient (Wildman–Crippen LogP) is 5.98. The Balaban J connectivity index is 2.63. The molecule has 0 saturated carbocycles. The van der Waals surface area contributed by atoms with Crippen molar-refractivity contribution in [3.63, 3.8) is 0 Å². The van der Waals surface area contributed by atoms with Gasteiger partial charge in [0, 0.05) is 5.56 Å². The minimum Gasteiger partial charge on any atom is -0.288 e. The smallest absolute Gasteiger partial charge is 0.196 e. The minimum absolute atomic E-state index is 0.0158. The van der Waals surface area contributed by atoms with Crippen molar-refractivity contribution in [1.29, 1.82) is 0 Å². The fourth-order valence-corrected chi connectivity index (χ4v) is 2.87. The summed E-state index contributed by atoms with van der Waals surface area (Å²) >= 11 is 23.8. The van der Waals surface area contributed by atoms with Crippen LogP contribution < -0.4 is 0 Å². The molecule has 0 unspecified atom stereocenters. The molecule has 0 radical (unpaired) electrons. The van der Waals surface area contributed by atoms with Gasteiger partial charge in [0.15, 0.2) is 5.78 Å². The van der Waals surface area contributed by atoms with Crippen LogP contribution in [-0.2, 0) is 0 Å². The van der Waals surface area contributed by atoms with E-state index in [1.165, 1.54) is 24.3 Å². The molecule has 2 aromatic carbocycles. The van der Waals surface area contributed by atoms with E-state index in [-0.39, 0.29) is 25.7 Å². The molecular formula is C14H7Cl4FO. The lowest BCUT2D eigenvalue weighted by Crippen LogP contribution is -2.06. The normalized spacial score (nSPS) is 10.7. The number of hydrogen-bond donors (Lipinski definition) is 0. The van der Waals surface area contributed by atoms with Crippen LogP contribution in [0.25, 0.3) is 0 Å². The third-order valence-corrected chi connectivity index (χ3v) is 4.33. The van der Waals surface area contributed by atoms with Crippen LogP contribution in [0.5, 0.6) is 0 Å². The van der Waals surface area contributed by atoms with Gasteiger partial charge in [-0.25, -0.2) is 4.39 Å². The van der Waals surface area contributed by atoms with E-state index in [0.717, 1.165) is 0 Å². The number of hydrogen-bond acceptors (Lipinski definition) is 1. The third-order valence-electron chi connectivity index (χ3n) is 2.77. The molecule has 0 fully saturated rings. The second-order valence-corrected chi connectivity index (χ2v) is 5.70. The first-order valence-corrected chi connectivity index (χ1v) is 6.98. The zero-order valence-corrected chi connectivity index (χ0v) is 13.1. The maximum absolute atomic E-state index is 13.1. The molecule has 0 amide bonds. The van der Waals surface area contributed by atoms with E-state index in [1.54, 1.807) is 6.92 Å². The Bertz CT molecular complexity index is 713. The average Bonchev–Trinajstić information content (AvgIpc) is 2.36. The second kappa shape index (κ2) is 5.90. The van der Waals surface area contributed by atoms with Crippen LogP contribution in [0.3, 0.4) is 0 Å². The summed E-state index contributed by atoms with van der Waals surface area (Å²) < 4.78 is 13.1.